The van der Waals surface area contributed by atoms with Gasteiger partial charge in [-0.1, -0.05) is 19.1 Å². The van der Waals surface area contributed by atoms with E-state index in [9.17, 15) is 22.7 Å². The number of aromatic amines is 1. The molecule has 0 aliphatic rings. The largest absolute Gasteiger partial charge is 0.417 e. The Hall–Kier alpha value is -3.26. The van der Waals surface area contributed by atoms with Crippen LogP contribution < -0.4 is 0 Å². The van der Waals surface area contributed by atoms with E-state index in [0.29, 0.717) is 33.4 Å². The topological polar surface area (TPSA) is 61.8 Å². The molecule has 172 valence electrons. The van der Waals surface area contributed by atoms with Crippen LogP contribution in [-0.4, -0.2) is 31.8 Å². The van der Waals surface area contributed by atoms with E-state index in [1.54, 1.807) is 44.3 Å². The van der Waals surface area contributed by atoms with Crippen LogP contribution in [0.25, 0.3) is 22.3 Å². The minimum atomic E-state index is -4.88. The Balaban J connectivity index is 1.63. The first kappa shape index (κ1) is 22.9. The van der Waals surface area contributed by atoms with Crippen molar-refractivity contribution in [1.82, 2.24) is 15.0 Å². The quantitative estimate of drug-likeness (QED) is 0.344. The van der Waals surface area contributed by atoms with Crippen molar-refractivity contribution < 1.29 is 22.7 Å². The van der Waals surface area contributed by atoms with E-state index in [4.69, 9.17) is 0 Å². The van der Waals surface area contributed by atoms with Crippen molar-refractivity contribution in [2.45, 2.75) is 44.4 Å². The van der Waals surface area contributed by atoms with Crippen molar-refractivity contribution in [2.75, 3.05) is 0 Å². The molecule has 0 spiro atoms. The second kappa shape index (κ2) is 8.59. The fourth-order valence-corrected chi connectivity index (χ4v) is 4.20. The van der Waals surface area contributed by atoms with Gasteiger partial charge in [-0.25, -0.2) is 4.39 Å². The smallest absolute Gasteiger partial charge is 0.380 e. The molecule has 3 aromatic heterocycles. The highest BCUT2D eigenvalue weighted by atomic mass is 19.4. The molecule has 0 amide bonds. The molecular weight excluding hydrogens is 434 g/mol. The fourth-order valence-electron chi connectivity index (χ4n) is 4.20. The maximum Gasteiger partial charge on any atom is 0.417 e. The molecule has 8 heteroatoms. The Bertz CT molecular complexity index is 1270. The Morgan fingerprint density at radius 2 is 1.82 bits per heavy atom. The molecule has 0 aliphatic carbocycles. The summed E-state index contributed by atoms with van der Waals surface area (Å²) in [5.74, 6) is -1.24. The second-order valence-corrected chi connectivity index (χ2v) is 8.48. The number of halogens is 4. The lowest BCUT2D eigenvalue weighted by Gasteiger charge is -2.33. The Labute approximate surface area is 188 Å². The number of aromatic nitrogens is 3. The summed E-state index contributed by atoms with van der Waals surface area (Å²) < 4.78 is 55.8. The molecule has 0 fully saturated rings. The van der Waals surface area contributed by atoms with Gasteiger partial charge in [0.1, 0.15) is 5.82 Å². The van der Waals surface area contributed by atoms with E-state index in [1.807, 2.05) is 6.07 Å². The lowest BCUT2D eigenvalue weighted by Crippen LogP contribution is -2.48. The number of fused-ring (bicyclic) bond motifs is 1. The van der Waals surface area contributed by atoms with E-state index in [-0.39, 0.29) is 5.69 Å². The van der Waals surface area contributed by atoms with Gasteiger partial charge in [0.2, 0.25) is 0 Å². The van der Waals surface area contributed by atoms with E-state index in [2.05, 4.69) is 15.0 Å². The first-order valence-corrected chi connectivity index (χ1v) is 10.5. The Morgan fingerprint density at radius 3 is 2.52 bits per heavy atom. The molecule has 1 aromatic carbocycles. The summed E-state index contributed by atoms with van der Waals surface area (Å²) >= 11 is 0. The molecule has 3 heterocycles. The third-order valence-electron chi connectivity index (χ3n) is 5.91. The maximum atomic E-state index is 14.0. The van der Waals surface area contributed by atoms with Crippen LogP contribution in [0.5, 0.6) is 0 Å². The summed E-state index contributed by atoms with van der Waals surface area (Å²) in [5, 5.41) is 11.5. The number of nitrogens with zero attached hydrogens (tertiary/aromatic N) is 2. The van der Waals surface area contributed by atoms with Crippen LogP contribution in [0.1, 0.15) is 36.1 Å². The second-order valence-electron chi connectivity index (χ2n) is 8.48. The van der Waals surface area contributed by atoms with E-state index < -0.39 is 36.4 Å². The molecule has 33 heavy (non-hydrogen) atoms. The van der Waals surface area contributed by atoms with Gasteiger partial charge in [-0.15, -0.1) is 0 Å². The summed E-state index contributed by atoms with van der Waals surface area (Å²) in [6.07, 6.45) is -2.98. The fraction of sp³-hybridized carbons (Fsp3) is 0.280. The van der Waals surface area contributed by atoms with E-state index in [1.165, 1.54) is 24.4 Å². The number of alkyl halides is 3. The number of H-pyrrole nitrogens is 1. The van der Waals surface area contributed by atoms with Crippen LogP contribution in [0.15, 0.2) is 60.9 Å². The van der Waals surface area contributed by atoms with Gasteiger partial charge in [0.25, 0.3) is 0 Å². The molecule has 4 rings (SSSR count). The molecule has 0 saturated heterocycles. The van der Waals surface area contributed by atoms with Crippen molar-refractivity contribution in [3.05, 3.63) is 83.6 Å². The van der Waals surface area contributed by atoms with Crippen LogP contribution in [-0.2, 0) is 6.42 Å². The zero-order valence-corrected chi connectivity index (χ0v) is 18.1. The van der Waals surface area contributed by atoms with Gasteiger partial charge in [0, 0.05) is 23.7 Å². The maximum absolute atomic E-state index is 14.0. The SMILES string of the molecule is Cc1ccc(F)cc1C(C)CC(O)(Cc1cc2cc(-c3ccccn3)ncc2[nH]1)C(F)(F)F. The lowest BCUT2D eigenvalue weighted by molar-refractivity contribution is -0.263. The molecule has 4 aromatic rings. The minimum absolute atomic E-state index is 0.230. The van der Waals surface area contributed by atoms with Crippen molar-refractivity contribution in [3.63, 3.8) is 0 Å². The van der Waals surface area contributed by atoms with Crippen LogP contribution in [0, 0.1) is 12.7 Å². The first-order chi connectivity index (χ1) is 15.6. The summed E-state index contributed by atoms with van der Waals surface area (Å²) in [6.45, 7) is 3.27. The molecule has 0 aliphatic heterocycles. The summed E-state index contributed by atoms with van der Waals surface area (Å²) in [6, 6.07) is 12.7. The van der Waals surface area contributed by atoms with Crippen molar-refractivity contribution in [2.24, 2.45) is 0 Å². The average Bonchev–Trinajstić information content (AvgIpc) is 3.16. The van der Waals surface area contributed by atoms with Gasteiger partial charge in [-0.3, -0.25) is 9.97 Å². The number of hydrogen-bond donors (Lipinski definition) is 2. The number of pyridine rings is 2. The molecular formula is C25H23F4N3O. The normalized spacial score (nSPS) is 14.9. The van der Waals surface area contributed by atoms with Crippen molar-refractivity contribution in [3.8, 4) is 11.4 Å². The predicted molar refractivity (Wildman–Crippen MR) is 118 cm³/mol. The molecule has 0 bridgehead atoms. The monoisotopic (exact) mass is 457 g/mol. The number of rotatable bonds is 6. The highest BCUT2D eigenvalue weighted by Crippen LogP contribution is 2.41. The third kappa shape index (κ3) is 4.75. The molecule has 2 atom stereocenters. The van der Waals surface area contributed by atoms with E-state index in [0.717, 1.165) is 0 Å². The number of benzene rings is 1. The van der Waals surface area contributed by atoms with E-state index >= 15 is 0 Å². The summed E-state index contributed by atoms with van der Waals surface area (Å²) in [4.78, 5) is 11.5. The number of aliphatic hydroxyl groups is 1. The zero-order valence-electron chi connectivity index (χ0n) is 18.1. The number of hydrogen-bond acceptors (Lipinski definition) is 3. The van der Waals surface area contributed by atoms with Gasteiger partial charge in [0.15, 0.2) is 5.60 Å². The third-order valence-corrected chi connectivity index (χ3v) is 5.91. The van der Waals surface area contributed by atoms with Crippen LogP contribution >= 0.6 is 0 Å². The van der Waals surface area contributed by atoms with Crippen molar-refractivity contribution >= 4 is 10.9 Å². The zero-order chi connectivity index (χ0) is 23.8. The Morgan fingerprint density at radius 1 is 1.03 bits per heavy atom. The average molecular weight is 457 g/mol. The lowest BCUT2D eigenvalue weighted by atomic mass is 9.82. The molecule has 0 saturated carbocycles. The highest BCUT2D eigenvalue weighted by Gasteiger charge is 2.54. The number of nitrogens with one attached hydrogen (secondary N) is 1. The van der Waals surface area contributed by atoms with Gasteiger partial charge in [-0.05, 0) is 66.8 Å². The molecule has 2 unspecified atom stereocenters. The predicted octanol–water partition coefficient (Wildman–Crippen LogP) is 6.10. The van der Waals surface area contributed by atoms with Crippen LogP contribution in [0.3, 0.4) is 0 Å². The summed E-state index contributed by atoms with van der Waals surface area (Å²) in [7, 11) is 0. The molecule has 4 nitrogen and oxygen atoms in total. The highest BCUT2D eigenvalue weighted by molar-refractivity contribution is 5.83. The Kier molecular flexibility index (Phi) is 5.97. The van der Waals surface area contributed by atoms with Gasteiger partial charge < -0.3 is 10.1 Å². The summed E-state index contributed by atoms with van der Waals surface area (Å²) in [5.41, 5.74) is 0.147. The molecule has 2 N–H and O–H groups in total. The standard InChI is InChI=1S/C25H23F4N3O/c1-15-6-7-18(26)11-20(15)16(2)12-24(33,25(27,28)29)13-19-9-17-10-22(31-14-23(17)32-19)21-5-3-4-8-30-21/h3-11,14,16,32-33H,12-13H2,1-2H3. The first-order valence-electron chi connectivity index (χ1n) is 10.5. The van der Waals surface area contributed by atoms with Gasteiger partial charge >= 0.3 is 6.18 Å². The van der Waals surface area contributed by atoms with Gasteiger partial charge in [-0.2, -0.15) is 13.2 Å². The molecule has 0 radical (unpaired) electrons. The van der Waals surface area contributed by atoms with Crippen LogP contribution in [0.4, 0.5) is 17.6 Å². The van der Waals surface area contributed by atoms with Crippen LogP contribution in [0.2, 0.25) is 0 Å². The minimum Gasteiger partial charge on any atom is -0.380 e. The van der Waals surface area contributed by atoms with Gasteiger partial charge in [0.05, 0.1) is 23.1 Å². The number of aryl methyl sites for hydroxylation is 1. The van der Waals surface area contributed by atoms with Crippen molar-refractivity contribution in [1.29, 1.82) is 0 Å².